The van der Waals surface area contributed by atoms with E-state index >= 15 is 0 Å². The average molecular weight is 179 g/mol. The number of hydrogen-bond acceptors (Lipinski definition) is 3. The van der Waals surface area contributed by atoms with Crippen molar-refractivity contribution < 1.29 is 0 Å². The fourth-order valence-corrected chi connectivity index (χ4v) is 1.20. The van der Waals surface area contributed by atoms with Gasteiger partial charge in [0.1, 0.15) is 5.82 Å². The summed E-state index contributed by atoms with van der Waals surface area (Å²) in [5, 5.41) is 0. The molecule has 1 heterocycles. The first kappa shape index (κ1) is 9.96. The van der Waals surface area contributed by atoms with Crippen LogP contribution in [0.5, 0.6) is 0 Å². The summed E-state index contributed by atoms with van der Waals surface area (Å²) in [6.07, 6.45) is 9.32. The molecule has 0 aromatic carbocycles. The fraction of sp³-hybridized carbons (Fsp3) is 0.600. The Morgan fingerprint density at radius 1 is 1.15 bits per heavy atom. The standard InChI is InChI=1S/C10H17N3/c1-2-3-4-5-6-10-12-7-9(11)8-13-10/h7-8H,2-6,11H2,1H3. The van der Waals surface area contributed by atoms with Crippen LogP contribution in [-0.4, -0.2) is 9.97 Å². The molecule has 1 rings (SSSR count). The van der Waals surface area contributed by atoms with Gasteiger partial charge in [-0.15, -0.1) is 0 Å². The monoisotopic (exact) mass is 179 g/mol. The molecule has 0 amide bonds. The van der Waals surface area contributed by atoms with Crippen LogP contribution in [0.1, 0.15) is 38.4 Å². The topological polar surface area (TPSA) is 51.8 Å². The van der Waals surface area contributed by atoms with Crippen molar-refractivity contribution in [3.8, 4) is 0 Å². The van der Waals surface area contributed by atoms with Gasteiger partial charge in [-0.05, 0) is 6.42 Å². The van der Waals surface area contributed by atoms with Gasteiger partial charge in [-0.3, -0.25) is 0 Å². The molecule has 0 aliphatic carbocycles. The van der Waals surface area contributed by atoms with Crippen molar-refractivity contribution >= 4 is 5.69 Å². The van der Waals surface area contributed by atoms with Gasteiger partial charge in [-0.2, -0.15) is 0 Å². The van der Waals surface area contributed by atoms with Gasteiger partial charge in [0.15, 0.2) is 0 Å². The molecule has 0 unspecified atom stereocenters. The van der Waals surface area contributed by atoms with E-state index in [1.165, 1.54) is 25.7 Å². The van der Waals surface area contributed by atoms with E-state index in [1.54, 1.807) is 12.4 Å². The van der Waals surface area contributed by atoms with Crippen LogP contribution in [-0.2, 0) is 6.42 Å². The number of anilines is 1. The molecule has 0 saturated heterocycles. The maximum Gasteiger partial charge on any atom is 0.128 e. The van der Waals surface area contributed by atoms with Crippen molar-refractivity contribution in [2.45, 2.75) is 39.0 Å². The van der Waals surface area contributed by atoms with Crippen LogP contribution in [0.2, 0.25) is 0 Å². The van der Waals surface area contributed by atoms with Crippen molar-refractivity contribution in [2.75, 3.05) is 5.73 Å². The Labute approximate surface area is 79.4 Å². The molecule has 3 heteroatoms. The molecule has 1 aromatic rings. The molecular formula is C10H17N3. The summed E-state index contributed by atoms with van der Waals surface area (Å²) >= 11 is 0. The second kappa shape index (κ2) is 5.51. The molecule has 0 bridgehead atoms. The van der Waals surface area contributed by atoms with Crippen LogP contribution in [0.4, 0.5) is 5.69 Å². The fourth-order valence-electron chi connectivity index (χ4n) is 1.20. The summed E-state index contributed by atoms with van der Waals surface area (Å²) in [5.41, 5.74) is 6.11. The van der Waals surface area contributed by atoms with E-state index in [4.69, 9.17) is 5.73 Å². The molecule has 2 N–H and O–H groups in total. The van der Waals surface area contributed by atoms with Crippen molar-refractivity contribution in [2.24, 2.45) is 0 Å². The van der Waals surface area contributed by atoms with E-state index < -0.39 is 0 Å². The van der Waals surface area contributed by atoms with Crippen LogP contribution < -0.4 is 5.73 Å². The van der Waals surface area contributed by atoms with Crippen LogP contribution in [0.25, 0.3) is 0 Å². The summed E-state index contributed by atoms with van der Waals surface area (Å²) in [6.45, 7) is 2.21. The Morgan fingerprint density at radius 2 is 1.85 bits per heavy atom. The Bertz CT molecular complexity index is 230. The lowest BCUT2D eigenvalue weighted by Crippen LogP contribution is -1.96. The van der Waals surface area contributed by atoms with E-state index in [9.17, 15) is 0 Å². The predicted molar refractivity (Wildman–Crippen MR) is 54.3 cm³/mol. The summed E-state index contributed by atoms with van der Waals surface area (Å²) < 4.78 is 0. The van der Waals surface area contributed by atoms with E-state index in [0.29, 0.717) is 5.69 Å². The van der Waals surface area contributed by atoms with Crippen LogP contribution in [0.15, 0.2) is 12.4 Å². The zero-order valence-electron chi connectivity index (χ0n) is 8.16. The molecule has 0 spiro atoms. The van der Waals surface area contributed by atoms with Gasteiger partial charge in [0.2, 0.25) is 0 Å². The first-order chi connectivity index (χ1) is 6.33. The minimum absolute atomic E-state index is 0.636. The smallest absolute Gasteiger partial charge is 0.128 e. The summed E-state index contributed by atoms with van der Waals surface area (Å²) in [4.78, 5) is 8.28. The summed E-state index contributed by atoms with van der Waals surface area (Å²) in [7, 11) is 0. The molecule has 3 nitrogen and oxygen atoms in total. The van der Waals surface area contributed by atoms with E-state index in [1.807, 2.05) is 0 Å². The maximum absolute atomic E-state index is 5.48. The third kappa shape index (κ3) is 3.87. The first-order valence-electron chi connectivity index (χ1n) is 4.89. The van der Waals surface area contributed by atoms with Crippen LogP contribution in [0, 0.1) is 0 Å². The van der Waals surface area contributed by atoms with Crippen LogP contribution >= 0.6 is 0 Å². The lowest BCUT2D eigenvalue weighted by molar-refractivity contribution is 0.652. The normalized spacial score (nSPS) is 10.2. The molecule has 0 saturated carbocycles. The average Bonchev–Trinajstić information content (AvgIpc) is 2.15. The van der Waals surface area contributed by atoms with Crippen molar-refractivity contribution in [1.29, 1.82) is 0 Å². The summed E-state index contributed by atoms with van der Waals surface area (Å²) in [5.74, 6) is 0.908. The highest BCUT2D eigenvalue weighted by Crippen LogP contribution is 2.04. The lowest BCUT2D eigenvalue weighted by Gasteiger charge is -1.99. The summed E-state index contributed by atoms with van der Waals surface area (Å²) in [6, 6.07) is 0. The van der Waals surface area contributed by atoms with Gasteiger partial charge in [0, 0.05) is 6.42 Å². The van der Waals surface area contributed by atoms with Crippen molar-refractivity contribution in [3.63, 3.8) is 0 Å². The van der Waals surface area contributed by atoms with Gasteiger partial charge in [0.05, 0.1) is 18.1 Å². The maximum atomic E-state index is 5.48. The first-order valence-corrected chi connectivity index (χ1v) is 4.89. The molecule has 13 heavy (non-hydrogen) atoms. The number of nitrogens with zero attached hydrogens (tertiary/aromatic N) is 2. The van der Waals surface area contributed by atoms with Crippen molar-refractivity contribution in [1.82, 2.24) is 9.97 Å². The molecule has 0 aliphatic heterocycles. The largest absolute Gasteiger partial charge is 0.396 e. The van der Waals surface area contributed by atoms with Gasteiger partial charge in [-0.25, -0.2) is 9.97 Å². The number of hydrogen-bond donors (Lipinski definition) is 1. The van der Waals surface area contributed by atoms with Gasteiger partial charge in [0.25, 0.3) is 0 Å². The molecule has 0 atom stereocenters. The third-order valence-corrected chi connectivity index (χ3v) is 1.98. The molecule has 72 valence electrons. The Balaban J connectivity index is 2.25. The molecule has 0 radical (unpaired) electrons. The molecule has 0 fully saturated rings. The molecule has 1 aromatic heterocycles. The number of aromatic nitrogens is 2. The Kier molecular flexibility index (Phi) is 4.23. The lowest BCUT2D eigenvalue weighted by atomic mass is 10.1. The number of nitrogens with two attached hydrogens (primary N) is 1. The van der Waals surface area contributed by atoms with E-state index in [0.717, 1.165) is 12.2 Å². The Morgan fingerprint density at radius 3 is 2.46 bits per heavy atom. The third-order valence-electron chi connectivity index (χ3n) is 1.98. The second-order valence-corrected chi connectivity index (χ2v) is 3.24. The predicted octanol–water partition coefficient (Wildman–Crippen LogP) is 2.18. The quantitative estimate of drug-likeness (QED) is 0.705. The highest BCUT2D eigenvalue weighted by Gasteiger charge is 1.95. The number of unbranched alkanes of at least 4 members (excludes halogenated alkanes) is 3. The van der Waals surface area contributed by atoms with Gasteiger partial charge < -0.3 is 5.73 Å². The second-order valence-electron chi connectivity index (χ2n) is 3.24. The van der Waals surface area contributed by atoms with E-state index in [-0.39, 0.29) is 0 Å². The SMILES string of the molecule is CCCCCCc1ncc(N)cn1. The van der Waals surface area contributed by atoms with Crippen LogP contribution in [0.3, 0.4) is 0 Å². The number of nitrogen functional groups attached to an aromatic ring is 1. The number of rotatable bonds is 5. The highest BCUT2D eigenvalue weighted by molar-refractivity contribution is 5.30. The minimum atomic E-state index is 0.636. The molecular weight excluding hydrogens is 162 g/mol. The van der Waals surface area contributed by atoms with E-state index in [2.05, 4.69) is 16.9 Å². The van der Waals surface area contributed by atoms with Gasteiger partial charge in [-0.1, -0.05) is 26.2 Å². The number of aryl methyl sites for hydroxylation is 1. The zero-order valence-corrected chi connectivity index (χ0v) is 8.16. The highest BCUT2D eigenvalue weighted by atomic mass is 14.9. The Hall–Kier alpha value is -1.12. The van der Waals surface area contributed by atoms with Crippen molar-refractivity contribution in [3.05, 3.63) is 18.2 Å². The van der Waals surface area contributed by atoms with Gasteiger partial charge >= 0.3 is 0 Å². The molecule has 0 aliphatic rings. The minimum Gasteiger partial charge on any atom is -0.396 e. The zero-order chi connectivity index (χ0) is 9.52.